The van der Waals surface area contributed by atoms with Crippen LogP contribution in [0.4, 0.5) is 0 Å². The molecule has 1 aliphatic carbocycles. The lowest BCUT2D eigenvalue weighted by Crippen LogP contribution is -2.09. The van der Waals surface area contributed by atoms with E-state index >= 15 is 0 Å². The van der Waals surface area contributed by atoms with Gasteiger partial charge in [-0.25, -0.2) is 0 Å². The zero-order valence-corrected chi connectivity index (χ0v) is 10.2. The van der Waals surface area contributed by atoms with Gasteiger partial charge in [0.05, 0.1) is 6.61 Å². The second-order valence-electron chi connectivity index (χ2n) is 4.79. The van der Waals surface area contributed by atoms with E-state index in [0.29, 0.717) is 5.92 Å². The number of fused-ring (bicyclic) bond motifs is 1. The van der Waals surface area contributed by atoms with E-state index < -0.39 is 0 Å². The van der Waals surface area contributed by atoms with Gasteiger partial charge < -0.3 is 10.5 Å². The number of rotatable bonds is 4. The van der Waals surface area contributed by atoms with E-state index in [9.17, 15) is 0 Å². The highest BCUT2D eigenvalue weighted by Crippen LogP contribution is 2.35. The van der Waals surface area contributed by atoms with Gasteiger partial charge in [0.15, 0.2) is 0 Å². The van der Waals surface area contributed by atoms with E-state index in [1.54, 1.807) is 0 Å². The minimum Gasteiger partial charge on any atom is -0.493 e. The molecule has 16 heavy (non-hydrogen) atoms. The summed E-state index contributed by atoms with van der Waals surface area (Å²) in [5.74, 6) is 1.66. The number of hydrogen-bond acceptors (Lipinski definition) is 2. The van der Waals surface area contributed by atoms with Crippen LogP contribution in [0.15, 0.2) is 18.2 Å². The predicted molar refractivity (Wildman–Crippen MR) is 66.6 cm³/mol. The molecule has 0 bridgehead atoms. The summed E-state index contributed by atoms with van der Waals surface area (Å²) in [6.45, 7) is 5.22. The molecule has 2 rings (SSSR count). The molecular weight excluding hydrogens is 198 g/mol. The fourth-order valence-electron chi connectivity index (χ4n) is 2.14. The van der Waals surface area contributed by atoms with Crippen molar-refractivity contribution >= 4 is 0 Å². The van der Waals surface area contributed by atoms with Crippen LogP contribution in [0, 0.1) is 5.92 Å². The smallest absolute Gasteiger partial charge is 0.122 e. The van der Waals surface area contributed by atoms with Crippen LogP contribution in [-0.2, 0) is 6.42 Å². The number of ether oxygens (including phenoxy) is 1. The lowest BCUT2D eigenvalue weighted by molar-refractivity contribution is 0.254. The Hall–Kier alpha value is -1.02. The van der Waals surface area contributed by atoms with Crippen molar-refractivity contribution in [2.45, 2.75) is 39.2 Å². The third kappa shape index (κ3) is 2.22. The Morgan fingerprint density at radius 3 is 3.06 bits per heavy atom. The molecule has 0 radical (unpaired) electrons. The van der Waals surface area contributed by atoms with Crippen LogP contribution in [0.3, 0.4) is 0 Å². The molecule has 1 aromatic carbocycles. The third-order valence-corrected chi connectivity index (χ3v) is 3.49. The maximum Gasteiger partial charge on any atom is 0.122 e. The van der Waals surface area contributed by atoms with Crippen LogP contribution in [0.1, 0.15) is 43.9 Å². The molecule has 2 atom stereocenters. The first-order valence-electron chi connectivity index (χ1n) is 6.22. The van der Waals surface area contributed by atoms with Crippen molar-refractivity contribution in [2.75, 3.05) is 6.61 Å². The van der Waals surface area contributed by atoms with E-state index in [0.717, 1.165) is 31.6 Å². The zero-order valence-electron chi connectivity index (χ0n) is 10.2. The van der Waals surface area contributed by atoms with Crippen LogP contribution >= 0.6 is 0 Å². The van der Waals surface area contributed by atoms with Crippen molar-refractivity contribution < 1.29 is 4.74 Å². The van der Waals surface area contributed by atoms with Gasteiger partial charge in [-0.3, -0.25) is 0 Å². The van der Waals surface area contributed by atoms with E-state index in [1.807, 2.05) is 0 Å². The van der Waals surface area contributed by atoms with Crippen LogP contribution in [0.25, 0.3) is 0 Å². The summed E-state index contributed by atoms with van der Waals surface area (Å²) in [6.07, 6.45) is 3.28. The fourth-order valence-corrected chi connectivity index (χ4v) is 2.14. The topological polar surface area (TPSA) is 35.2 Å². The van der Waals surface area contributed by atoms with E-state index in [1.165, 1.54) is 11.1 Å². The van der Waals surface area contributed by atoms with Gasteiger partial charge in [0.25, 0.3) is 0 Å². The second kappa shape index (κ2) is 4.88. The van der Waals surface area contributed by atoms with Crippen molar-refractivity contribution in [3.8, 4) is 5.75 Å². The van der Waals surface area contributed by atoms with Crippen molar-refractivity contribution in [2.24, 2.45) is 11.7 Å². The summed E-state index contributed by atoms with van der Waals surface area (Å²) in [5.41, 5.74) is 8.65. The molecule has 0 aliphatic heterocycles. The maximum absolute atomic E-state index is 6.04. The van der Waals surface area contributed by atoms with Gasteiger partial charge in [-0.05, 0) is 36.0 Å². The van der Waals surface area contributed by atoms with Gasteiger partial charge in [0.1, 0.15) is 5.75 Å². The normalized spacial score (nSPS) is 20.6. The van der Waals surface area contributed by atoms with E-state index in [4.69, 9.17) is 10.5 Å². The Labute approximate surface area is 97.8 Å². The average molecular weight is 219 g/mol. The number of benzene rings is 1. The first-order valence-corrected chi connectivity index (χ1v) is 6.22. The number of hydrogen-bond donors (Lipinski definition) is 1. The van der Waals surface area contributed by atoms with Gasteiger partial charge in [-0.2, -0.15) is 0 Å². The van der Waals surface area contributed by atoms with Crippen molar-refractivity contribution in [1.82, 2.24) is 0 Å². The van der Waals surface area contributed by atoms with Gasteiger partial charge in [0.2, 0.25) is 0 Å². The average Bonchev–Trinajstić information content (AvgIpc) is 2.69. The highest BCUT2D eigenvalue weighted by Gasteiger charge is 2.22. The molecule has 2 N–H and O–H groups in total. The van der Waals surface area contributed by atoms with Gasteiger partial charge in [-0.15, -0.1) is 0 Å². The fraction of sp³-hybridized carbons (Fsp3) is 0.571. The summed E-state index contributed by atoms with van der Waals surface area (Å²) < 4.78 is 5.89. The van der Waals surface area contributed by atoms with E-state index in [2.05, 4.69) is 32.0 Å². The molecule has 0 saturated carbocycles. The Balaban J connectivity index is 2.11. The molecule has 2 nitrogen and oxygen atoms in total. The Morgan fingerprint density at radius 2 is 2.31 bits per heavy atom. The van der Waals surface area contributed by atoms with Gasteiger partial charge in [0, 0.05) is 6.04 Å². The lowest BCUT2D eigenvalue weighted by Gasteiger charge is -2.14. The largest absolute Gasteiger partial charge is 0.493 e. The quantitative estimate of drug-likeness (QED) is 0.844. The van der Waals surface area contributed by atoms with Gasteiger partial charge in [-0.1, -0.05) is 32.4 Å². The van der Waals surface area contributed by atoms with Gasteiger partial charge >= 0.3 is 0 Å². The monoisotopic (exact) mass is 219 g/mol. The van der Waals surface area contributed by atoms with Crippen molar-refractivity contribution in [3.63, 3.8) is 0 Å². The molecule has 2 unspecified atom stereocenters. The molecule has 0 heterocycles. The molecule has 1 aromatic rings. The van der Waals surface area contributed by atoms with Crippen LogP contribution in [-0.4, -0.2) is 6.61 Å². The first-order chi connectivity index (χ1) is 7.72. The Kier molecular flexibility index (Phi) is 3.49. The summed E-state index contributed by atoms with van der Waals surface area (Å²) in [4.78, 5) is 0. The molecule has 0 aromatic heterocycles. The summed E-state index contributed by atoms with van der Waals surface area (Å²) >= 11 is 0. The summed E-state index contributed by atoms with van der Waals surface area (Å²) in [6, 6.07) is 6.46. The van der Waals surface area contributed by atoms with Crippen LogP contribution in [0.5, 0.6) is 5.75 Å². The Morgan fingerprint density at radius 1 is 1.50 bits per heavy atom. The molecule has 0 fully saturated rings. The minimum atomic E-state index is 0.210. The summed E-state index contributed by atoms with van der Waals surface area (Å²) in [5, 5.41) is 0. The second-order valence-corrected chi connectivity index (χ2v) is 4.79. The highest BCUT2D eigenvalue weighted by atomic mass is 16.5. The van der Waals surface area contributed by atoms with Crippen LogP contribution in [0.2, 0.25) is 0 Å². The maximum atomic E-state index is 6.04. The SMILES string of the molecule is CCC(C)COc1cccc2c1CCC2N. The van der Waals surface area contributed by atoms with Crippen LogP contribution < -0.4 is 10.5 Å². The lowest BCUT2D eigenvalue weighted by atomic mass is 10.1. The van der Waals surface area contributed by atoms with E-state index in [-0.39, 0.29) is 6.04 Å². The Bertz CT molecular complexity index is 362. The molecular formula is C14H21NO. The molecule has 0 spiro atoms. The molecule has 1 aliphatic rings. The summed E-state index contributed by atoms with van der Waals surface area (Å²) in [7, 11) is 0. The number of nitrogens with two attached hydrogens (primary N) is 1. The third-order valence-electron chi connectivity index (χ3n) is 3.49. The first kappa shape index (κ1) is 11.5. The molecule has 2 heteroatoms. The predicted octanol–water partition coefficient (Wildman–Crippen LogP) is 3.06. The van der Waals surface area contributed by atoms with Crippen molar-refractivity contribution in [1.29, 1.82) is 0 Å². The standard InChI is InChI=1S/C14H21NO/c1-3-10(2)9-16-14-6-4-5-11-12(14)7-8-13(11)15/h4-6,10,13H,3,7-9,15H2,1-2H3. The van der Waals surface area contributed by atoms with Crippen molar-refractivity contribution in [3.05, 3.63) is 29.3 Å². The minimum absolute atomic E-state index is 0.210. The zero-order chi connectivity index (χ0) is 11.5. The molecule has 0 amide bonds. The highest BCUT2D eigenvalue weighted by molar-refractivity contribution is 5.44. The molecule has 0 saturated heterocycles. The molecule has 88 valence electrons.